The second-order valence-corrected chi connectivity index (χ2v) is 8.69. The van der Waals surface area contributed by atoms with Crippen LogP contribution in [-0.2, 0) is 20.8 Å². The van der Waals surface area contributed by atoms with Crippen molar-refractivity contribution in [3.63, 3.8) is 0 Å². The van der Waals surface area contributed by atoms with E-state index in [0.717, 1.165) is 16.9 Å². The van der Waals surface area contributed by atoms with Gasteiger partial charge in [-0.15, -0.1) is 0 Å². The molecule has 5 heteroatoms. The van der Waals surface area contributed by atoms with Gasteiger partial charge in [-0.05, 0) is 48.4 Å². The molecule has 30 heavy (non-hydrogen) atoms. The summed E-state index contributed by atoms with van der Waals surface area (Å²) in [5, 5.41) is 0. The molecule has 2 aliphatic rings. The Balaban J connectivity index is 1.51. The lowest BCUT2D eigenvalue weighted by Gasteiger charge is -2.36. The van der Waals surface area contributed by atoms with Gasteiger partial charge in [0, 0.05) is 11.8 Å². The highest BCUT2D eigenvalue weighted by Crippen LogP contribution is 2.53. The van der Waals surface area contributed by atoms with Gasteiger partial charge in [-0.25, -0.2) is 4.79 Å². The van der Waals surface area contributed by atoms with E-state index in [-0.39, 0.29) is 23.6 Å². The third-order valence-corrected chi connectivity index (χ3v) is 5.96. The molecule has 3 atom stereocenters. The maximum Gasteiger partial charge on any atom is 0.340 e. The highest BCUT2D eigenvalue weighted by molar-refractivity contribution is 5.89. The van der Waals surface area contributed by atoms with Gasteiger partial charge in [-0.1, -0.05) is 44.2 Å². The molecule has 2 aliphatic heterocycles. The number of carbonyl (C=O) groups excluding carboxylic acids is 1. The molecule has 3 unspecified atom stereocenters. The number of esters is 1. The van der Waals surface area contributed by atoms with Crippen LogP contribution in [0.2, 0.25) is 0 Å². The normalized spacial score (nSPS) is 26.7. The van der Waals surface area contributed by atoms with Crippen molar-refractivity contribution in [2.75, 3.05) is 7.11 Å². The molecule has 2 aromatic carbocycles. The van der Waals surface area contributed by atoms with Crippen LogP contribution in [0.25, 0.3) is 0 Å². The summed E-state index contributed by atoms with van der Waals surface area (Å²) in [5.74, 6) is -0.601. The third-order valence-electron chi connectivity index (χ3n) is 5.96. The fourth-order valence-corrected chi connectivity index (χ4v) is 4.28. The number of benzene rings is 2. The van der Waals surface area contributed by atoms with E-state index in [1.54, 1.807) is 19.2 Å². The quantitative estimate of drug-likeness (QED) is 0.502. The molecule has 0 spiro atoms. The second kappa shape index (κ2) is 7.89. The van der Waals surface area contributed by atoms with Crippen molar-refractivity contribution in [3.05, 3.63) is 77.4 Å². The van der Waals surface area contributed by atoms with E-state index in [1.807, 2.05) is 55.5 Å². The van der Waals surface area contributed by atoms with Gasteiger partial charge in [-0.3, -0.25) is 0 Å². The summed E-state index contributed by atoms with van der Waals surface area (Å²) in [6, 6.07) is 16.8. The van der Waals surface area contributed by atoms with E-state index >= 15 is 0 Å². The molecule has 0 aliphatic carbocycles. The Labute approximate surface area is 177 Å². The lowest BCUT2D eigenvalue weighted by molar-refractivity contribution is -0.200. The molecule has 1 saturated heterocycles. The summed E-state index contributed by atoms with van der Waals surface area (Å²) in [5.41, 5.74) is 2.23. The van der Waals surface area contributed by atoms with Crippen LogP contribution in [0.4, 0.5) is 0 Å². The maximum absolute atomic E-state index is 12.7. The first-order valence-electron chi connectivity index (χ1n) is 10.2. The predicted molar refractivity (Wildman–Crippen MR) is 113 cm³/mol. The molecular weight excluding hydrogens is 380 g/mol. The van der Waals surface area contributed by atoms with Gasteiger partial charge < -0.3 is 18.9 Å². The van der Waals surface area contributed by atoms with Crippen LogP contribution in [-0.4, -0.2) is 31.1 Å². The Morgan fingerprint density at radius 3 is 2.47 bits per heavy atom. The van der Waals surface area contributed by atoms with E-state index in [2.05, 4.69) is 13.8 Å². The van der Waals surface area contributed by atoms with Gasteiger partial charge >= 0.3 is 5.97 Å². The number of ether oxygens (including phenoxy) is 4. The summed E-state index contributed by atoms with van der Waals surface area (Å²) in [4.78, 5) is 12.7. The maximum atomic E-state index is 12.7. The smallest absolute Gasteiger partial charge is 0.340 e. The molecule has 1 fully saturated rings. The van der Waals surface area contributed by atoms with Gasteiger partial charge in [0.2, 0.25) is 5.79 Å². The van der Waals surface area contributed by atoms with E-state index in [9.17, 15) is 4.79 Å². The Morgan fingerprint density at radius 2 is 1.80 bits per heavy atom. The molecule has 0 aromatic heterocycles. The molecule has 0 radical (unpaired) electrons. The van der Waals surface area contributed by atoms with Crippen molar-refractivity contribution in [2.24, 2.45) is 5.41 Å². The summed E-state index contributed by atoms with van der Waals surface area (Å²) < 4.78 is 23.8. The summed E-state index contributed by atoms with van der Waals surface area (Å²) in [7, 11) is 1.65. The van der Waals surface area contributed by atoms with Crippen molar-refractivity contribution < 1.29 is 23.7 Å². The summed E-state index contributed by atoms with van der Waals surface area (Å²) >= 11 is 0. The van der Waals surface area contributed by atoms with Crippen LogP contribution in [0.3, 0.4) is 0 Å². The van der Waals surface area contributed by atoms with Gasteiger partial charge in [0.05, 0.1) is 25.4 Å². The van der Waals surface area contributed by atoms with Crippen LogP contribution in [0, 0.1) is 5.41 Å². The number of hydrogen-bond acceptors (Lipinski definition) is 5. The first-order valence-corrected chi connectivity index (χ1v) is 10.2. The molecule has 158 valence electrons. The average molecular weight is 408 g/mol. The second-order valence-electron chi connectivity index (χ2n) is 8.69. The van der Waals surface area contributed by atoms with Crippen molar-refractivity contribution in [1.29, 1.82) is 0 Å². The topological polar surface area (TPSA) is 54.0 Å². The van der Waals surface area contributed by atoms with Crippen LogP contribution in [0.5, 0.6) is 5.75 Å². The highest BCUT2D eigenvalue weighted by atomic mass is 16.7. The van der Waals surface area contributed by atoms with Crippen LogP contribution >= 0.6 is 0 Å². The van der Waals surface area contributed by atoms with E-state index < -0.39 is 5.79 Å². The summed E-state index contributed by atoms with van der Waals surface area (Å²) in [6.07, 6.45) is 2.22. The molecule has 2 bridgehead atoms. The number of fused-ring (bicyclic) bond motifs is 2. The third kappa shape index (κ3) is 3.87. The first kappa shape index (κ1) is 20.6. The fraction of sp³-hybridized carbons (Fsp3) is 0.400. The minimum atomic E-state index is -1.04. The fourth-order valence-electron chi connectivity index (χ4n) is 4.28. The zero-order valence-electron chi connectivity index (χ0n) is 17.9. The lowest BCUT2D eigenvalue weighted by Crippen LogP contribution is -2.44. The van der Waals surface area contributed by atoms with E-state index in [0.29, 0.717) is 18.6 Å². The highest BCUT2D eigenvalue weighted by Gasteiger charge is 2.59. The van der Waals surface area contributed by atoms with Gasteiger partial charge in [0.15, 0.2) is 0 Å². The molecule has 2 heterocycles. The predicted octanol–water partition coefficient (Wildman–Crippen LogP) is 4.91. The molecule has 2 aromatic rings. The van der Waals surface area contributed by atoms with Crippen molar-refractivity contribution in [2.45, 2.75) is 51.8 Å². The van der Waals surface area contributed by atoms with Gasteiger partial charge in [0.1, 0.15) is 11.9 Å². The SMILES string of the molecule is COc1ccc(COC2C=C(C)C3(OC(=O)c4ccccc4)CC(C)(C)C2O3)cc1. The Hall–Kier alpha value is -2.63. The zero-order chi connectivity index (χ0) is 21.4. The largest absolute Gasteiger partial charge is 0.497 e. The molecular formula is C25H28O5. The zero-order valence-corrected chi connectivity index (χ0v) is 17.9. The Kier molecular flexibility index (Phi) is 5.43. The minimum Gasteiger partial charge on any atom is -0.497 e. The van der Waals surface area contributed by atoms with Crippen LogP contribution in [0.15, 0.2) is 66.2 Å². The summed E-state index contributed by atoms with van der Waals surface area (Å²) in [6.45, 7) is 6.67. The Morgan fingerprint density at radius 1 is 1.10 bits per heavy atom. The van der Waals surface area contributed by atoms with E-state index in [1.165, 1.54) is 0 Å². The van der Waals surface area contributed by atoms with Crippen molar-refractivity contribution in [1.82, 2.24) is 0 Å². The average Bonchev–Trinajstić information content (AvgIpc) is 2.99. The number of methoxy groups -OCH3 is 1. The molecule has 5 nitrogen and oxygen atoms in total. The van der Waals surface area contributed by atoms with Crippen molar-refractivity contribution >= 4 is 5.97 Å². The van der Waals surface area contributed by atoms with Crippen LogP contribution in [0.1, 0.15) is 43.1 Å². The minimum absolute atomic E-state index is 0.206. The van der Waals surface area contributed by atoms with Crippen molar-refractivity contribution in [3.8, 4) is 5.75 Å². The standard InChI is InChI=1S/C25H28O5/c1-17-14-21(28-15-18-10-12-20(27-4)13-11-18)22-24(2,3)16-25(17,29-22)30-23(26)19-8-6-5-7-9-19/h5-14,21-22H,15-16H2,1-4H3. The number of carbonyl (C=O) groups is 1. The molecule has 0 amide bonds. The number of hydrogen-bond donors (Lipinski definition) is 0. The number of rotatable bonds is 6. The molecule has 0 saturated carbocycles. The molecule has 0 N–H and O–H groups in total. The monoisotopic (exact) mass is 408 g/mol. The Bertz CT molecular complexity index is 932. The van der Waals surface area contributed by atoms with Gasteiger partial charge in [-0.2, -0.15) is 0 Å². The van der Waals surface area contributed by atoms with E-state index in [4.69, 9.17) is 18.9 Å². The van der Waals surface area contributed by atoms with Gasteiger partial charge in [0.25, 0.3) is 0 Å². The lowest BCUT2D eigenvalue weighted by atomic mass is 9.82. The molecule has 4 rings (SSSR count). The van der Waals surface area contributed by atoms with Crippen LogP contribution < -0.4 is 4.74 Å². The first-order chi connectivity index (χ1) is 14.3.